The van der Waals surface area contributed by atoms with Crippen LogP contribution in [0.25, 0.3) is 0 Å². The molecule has 1 aliphatic rings. The molecule has 0 saturated heterocycles. The third-order valence-corrected chi connectivity index (χ3v) is 6.35. The summed E-state index contributed by atoms with van der Waals surface area (Å²) in [6.07, 6.45) is 1.93. The molecule has 0 spiro atoms. The highest BCUT2D eigenvalue weighted by Gasteiger charge is 2.24. The van der Waals surface area contributed by atoms with Gasteiger partial charge >= 0.3 is 5.97 Å². The topological polar surface area (TPSA) is 154 Å². The molecule has 0 aliphatic carbocycles. The van der Waals surface area contributed by atoms with E-state index in [1.165, 1.54) is 5.56 Å². The monoisotopic (exact) mass is 490 g/mol. The number of fused-ring (bicyclic) bond motifs is 1. The molecule has 1 aromatic rings. The minimum Gasteiger partial charge on any atom is -0.480 e. The predicted octanol–water partition coefficient (Wildman–Crippen LogP) is 0.163. The second-order valence-corrected chi connectivity index (χ2v) is 9.27. The molecule has 0 saturated carbocycles. The van der Waals surface area contributed by atoms with Crippen LogP contribution in [0.5, 0.6) is 0 Å². The summed E-state index contributed by atoms with van der Waals surface area (Å²) in [6, 6.07) is 4.07. The lowest BCUT2D eigenvalue weighted by Crippen LogP contribution is -2.49. The van der Waals surface area contributed by atoms with Crippen LogP contribution >= 0.6 is 12.4 Å². The molecule has 0 bridgehead atoms. The average molecular weight is 491 g/mol. The largest absolute Gasteiger partial charge is 0.480 e. The van der Waals surface area contributed by atoms with Crippen LogP contribution in [-0.2, 0) is 32.6 Å². The molecule has 1 heterocycles. The molecule has 0 fully saturated rings. The molecule has 10 nitrogen and oxygen atoms in total. The summed E-state index contributed by atoms with van der Waals surface area (Å²) in [5.74, 6) is -2.34. The van der Waals surface area contributed by atoms with Crippen molar-refractivity contribution in [3.8, 4) is 0 Å². The Bertz CT molecular complexity index is 909. The number of hydrogen-bond donors (Lipinski definition) is 5. The Balaban J connectivity index is 0.00000512. The Hall–Kier alpha value is -2.21. The molecule has 1 atom stereocenters. The highest BCUT2D eigenvalue weighted by molar-refractivity contribution is 7.89. The highest BCUT2D eigenvalue weighted by atomic mass is 35.5. The van der Waals surface area contributed by atoms with Gasteiger partial charge in [0.05, 0.1) is 5.75 Å². The van der Waals surface area contributed by atoms with Crippen molar-refractivity contribution < 1.29 is 27.9 Å². The summed E-state index contributed by atoms with van der Waals surface area (Å²) >= 11 is 0. The Labute approximate surface area is 194 Å². The van der Waals surface area contributed by atoms with Crippen molar-refractivity contribution in [2.24, 2.45) is 0 Å². The maximum Gasteiger partial charge on any atom is 0.323 e. The van der Waals surface area contributed by atoms with Crippen molar-refractivity contribution in [1.29, 1.82) is 0 Å². The molecule has 32 heavy (non-hydrogen) atoms. The van der Waals surface area contributed by atoms with Gasteiger partial charge in [0.15, 0.2) is 0 Å². The van der Waals surface area contributed by atoms with E-state index in [0.717, 1.165) is 18.5 Å². The average Bonchev–Trinajstić information content (AvgIpc) is 2.74. The lowest BCUT2D eigenvalue weighted by molar-refractivity contribution is -0.138. The summed E-state index contributed by atoms with van der Waals surface area (Å²) in [5, 5.41) is 17.5. The number of carbonyl (C=O) groups is 3. The van der Waals surface area contributed by atoms with Gasteiger partial charge in [-0.1, -0.05) is 19.4 Å². The molecule has 1 aromatic carbocycles. The van der Waals surface area contributed by atoms with Crippen molar-refractivity contribution in [3.05, 3.63) is 34.9 Å². The number of halogens is 1. The first-order valence-electron chi connectivity index (χ1n) is 10.3. The molecular weight excluding hydrogens is 460 g/mol. The molecule has 1 aliphatic heterocycles. The molecule has 2 rings (SSSR count). The number of carboxylic acids is 1. The number of benzene rings is 1. The Kier molecular flexibility index (Phi) is 11.6. The number of nitrogens with one attached hydrogen (secondary N) is 4. The zero-order valence-corrected chi connectivity index (χ0v) is 19.6. The summed E-state index contributed by atoms with van der Waals surface area (Å²) in [7, 11) is -3.75. The van der Waals surface area contributed by atoms with Crippen LogP contribution in [0.4, 0.5) is 0 Å². The maximum absolute atomic E-state index is 12.3. The van der Waals surface area contributed by atoms with Gasteiger partial charge in [-0.2, -0.15) is 4.72 Å². The Morgan fingerprint density at radius 2 is 1.94 bits per heavy atom. The van der Waals surface area contributed by atoms with Crippen LogP contribution in [0.15, 0.2) is 18.2 Å². The van der Waals surface area contributed by atoms with Crippen molar-refractivity contribution in [2.45, 2.75) is 45.2 Å². The molecule has 2 amide bonds. The number of sulfonamides is 1. The summed E-state index contributed by atoms with van der Waals surface area (Å²) in [5.41, 5.74) is 2.81. The predicted molar refractivity (Wildman–Crippen MR) is 122 cm³/mol. The van der Waals surface area contributed by atoms with Gasteiger partial charge < -0.3 is 21.1 Å². The normalized spacial score (nSPS) is 13.9. The van der Waals surface area contributed by atoms with Gasteiger partial charge in [0.1, 0.15) is 6.04 Å². The summed E-state index contributed by atoms with van der Waals surface area (Å²) < 4.78 is 25.9. The molecule has 12 heteroatoms. The van der Waals surface area contributed by atoms with Gasteiger partial charge in [-0.05, 0) is 42.6 Å². The number of unbranched alkanes of at least 4 members (excludes halogenated alkanes) is 1. The van der Waals surface area contributed by atoms with Crippen LogP contribution in [-0.4, -0.2) is 62.7 Å². The van der Waals surface area contributed by atoms with E-state index >= 15 is 0 Å². The van der Waals surface area contributed by atoms with E-state index in [1.807, 2.05) is 19.1 Å². The number of carbonyl (C=O) groups excluding carboxylic acids is 2. The van der Waals surface area contributed by atoms with Gasteiger partial charge in [-0.25, -0.2) is 8.42 Å². The summed E-state index contributed by atoms with van der Waals surface area (Å²) in [4.78, 5) is 35.6. The number of aliphatic carboxylic acids is 1. The van der Waals surface area contributed by atoms with Gasteiger partial charge in [0, 0.05) is 31.6 Å². The number of hydrogen-bond acceptors (Lipinski definition) is 6. The van der Waals surface area contributed by atoms with Crippen LogP contribution in [0, 0.1) is 0 Å². The van der Waals surface area contributed by atoms with Crippen LogP contribution in [0.1, 0.15) is 47.7 Å². The van der Waals surface area contributed by atoms with E-state index in [2.05, 4.69) is 20.7 Å². The summed E-state index contributed by atoms with van der Waals surface area (Å²) in [6.45, 7) is 3.14. The smallest absolute Gasteiger partial charge is 0.323 e. The zero-order chi connectivity index (χ0) is 22.9. The molecular formula is C20H31ClN4O6S. The van der Waals surface area contributed by atoms with E-state index in [1.54, 1.807) is 6.07 Å². The van der Waals surface area contributed by atoms with Crippen LogP contribution in [0.3, 0.4) is 0 Å². The fourth-order valence-electron chi connectivity index (χ4n) is 3.11. The van der Waals surface area contributed by atoms with Crippen molar-refractivity contribution in [3.63, 3.8) is 0 Å². The molecule has 0 aromatic heterocycles. The third kappa shape index (κ3) is 9.11. The standard InChI is InChI=1S/C20H30N4O6S.ClH/c1-2-3-10-31(29,30)24-17(20(27)28)13-23-18(25)7-9-22-19(26)15-5-4-14-6-8-21-12-16(14)11-15;/h4-5,11,17,21,24H,2-3,6-10,12-13H2,1H3,(H,22,26)(H,23,25)(H,27,28);1H/t17-;/m0./s1. The number of amides is 2. The lowest BCUT2D eigenvalue weighted by atomic mass is 9.98. The maximum atomic E-state index is 12.3. The molecule has 180 valence electrons. The Morgan fingerprint density at radius 3 is 2.62 bits per heavy atom. The van der Waals surface area contributed by atoms with E-state index in [0.29, 0.717) is 24.9 Å². The quantitative estimate of drug-likeness (QED) is 0.279. The van der Waals surface area contributed by atoms with Gasteiger partial charge in [0.25, 0.3) is 5.91 Å². The van der Waals surface area contributed by atoms with Crippen LogP contribution < -0.4 is 20.7 Å². The van der Waals surface area contributed by atoms with Crippen molar-refractivity contribution >= 4 is 40.2 Å². The van der Waals surface area contributed by atoms with Crippen molar-refractivity contribution in [1.82, 2.24) is 20.7 Å². The van der Waals surface area contributed by atoms with E-state index in [9.17, 15) is 27.9 Å². The minimum absolute atomic E-state index is 0. The van der Waals surface area contributed by atoms with Gasteiger partial charge in [0.2, 0.25) is 15.9 Å². The minimum atomic E-state index is -3.75. The first-order chi connectivity index (χ1) is 14.7. The first kappa shape index (κ1) is 27.8. The Morgan fingerprint density at radius 1 is 1.19 bits per heavy atom. The van der Waals surface area contributed by atoms with Gasteiger partial charge in [-0.15, -0.1) is 12.4 Å². The van der Waals surface area contributed by atoms with E-state index < -0.39 is 27.9 Å². The fourth-order valence-corrected chi connectivity index (χ4v) is 4.51. The van der Waals surface area contributed by atoms with E-state index in [4.69, 9.17) is 0 Å². The first-order valence-corrected chi connectivity index (χ1v) is 12.0. The molecule has 5 N–H and O–H groups in total. The van der Waals surface area contributed by atoms with Gasteiger partial charge in [-0.3, -0.25) is 14.4 Å². The second kappa shape index (κ2) is 13.4. The third-order valence-electron chi connectivity index (χ3n) is 4.88. The second-order valence-electron chi connectivity index (χ2n) is 7.40. The van der Waals surface area contributed by atoms with E-state index in [-0.39, 0.29) is 43.6 Å². The lowest BCUT2D eigenvalue weighted by Gasteiger charge is -2.17. The number of carboxylic acid groups (broad SMARTS) is 1. The molecule has 0 unspecified atom stereocenters. The highest BCUT2D eigenvalue weighted by Crippen LogP contribution is 2.15. The van der Waals surface area contributed by atoms with Crippen LogP contribution in [0.2, 0.25) is 0 Å². The van der Waals surface area contributed by atoms with Crippen molar-refractivity contribution in [2.75, 3.05) is 25.4 Å². The number of rotatable bonds is 12. The molecule has 0 radical (unpaired) electrons. The zero-order valence-electron chi connectivity index (χ0n) is 18.0. The SMILES string of the molecule is CCCCS(=O)(=O)N[C@@H](CNC(=O)CCNC(=O)c1ccc2c(c1)CNCC2)C(=O)O.Cl. The fraction of sp³-hybridized carbons (Fsp3) is 0.550.